The molecule has 2 fully saturated rings. The number of furan rings is 1. The van der Waals surface area contributed by atoms with Gasteiger partial charge in [-0.05, 0) is 61.6 Å². The van der Waals surface area contributed by atoms with Gasteiger partial charge in [-0.2, -0.15) is 0 Å². The van der Waals surface area contributed by atoms with Crippen LogP contribution in [0.4, 0.5) is 0 Å². The highest BCUT2D eigenvalue weighted by Gasteiger charge is 2.37. The van der Waals surface area contributed by atoms with E-state index in [0.717, 1.165) is 35.9 Å². The summed E-state index contributed by atoms with van der Waals surface area (Å²) in [5.41, 5.74) is 0.675. The minimum atomic E-state index is 0.0471. The number of aryl methyl sites for hydroxylation is 1. The molecular weight excluding hydrogens is 378 g/mol. The van der Waals surface area contributed by atoms with Crippen molar-refractivity contribution in [3.63, 3.8) is 0 Å². The first-order valence-electron chi connectivity index (χ1n) is 10.7. The molecule has 0 bridgehead atoms. The first kappa shape index (κ1) is 19.0. The molecule has 156 valence electrons. The van der Waals surface area contributed by atoms with Gasteiger partial charge >= 0.3 is 0 Å². The minimum Gasteiger partial charge on any atom is -0.486 e. The lowest BCUT2D eigenvalue weighted by molar-refractivity contribution is 0.0716. The van der Waals surface area contributed by atoms with Crippen LogP contribution < -0.4 is 4.74 Å². The molecule has 2 aliphatic rings. The topological polar surface area (TPSA) is 60.5 Å². The molecule has 0 saturated heterocycles. The van der Waals surface area contributed by atoms with E-state index in [2.05, 4.69) is 18.0 Å². The van der Waals surface area contributed by atoms with Gasteiger partial charge in [0.2, 0.25) is 0 Å². The van der Waals surface area contributed by atoms with Crippen LogP contribution >= 0.6 is 0 Å². The lowest BCUT2D eigenvalue weighted by Crippen LogP contribution is -2.32. The summed E-state index contributed by atoms with van der Waals surface area (Å²) in [6.45, 7) is 3.17. The number of ether oxygens (including phenoxy) is 1. The van der Waals surface area contributed by atoms with Crippen molar-refractivity contribution in [2.45, 2.75) is 51.3 Å². The highest BCUT2D eigenvalue weighted by molar-refractivity contribution is 5.94. The second-order valence-electron chi connectivity index (χ2n) is 8.56. The van der Waals surface area contributed by atoms with Crippen LogP contribution in [0.2, 0.25) is 0 Å². The zero-order chi connectivity index (χ0) is 20.7. The summed E-state index contributed by atoms with van der Waals surface area (Å²) < 4.78 is 13.8. The van der Waals surface area contributed by atoms with Gasteiger partial charge in [0, 0.05) is 37.0 Å². The van der Waals surface area contributed by atoms with Crippen LogP contribution in [0.3, 0.4) is 0 Å². The van der Waals surface area contributed by atoms with Crippen LogP contribution in [-0.2, 0) is 20.2 Å². The number of nitrogens with zero attached hydrogens (tertiary/aromatic N) is 3. The van der Waals surface area contributed by atoms with E-state index in [1.54, 1.807) is 6.20 Å². The largest absolute Gasteiger partial charge is 0.486 e. The van der Waals surface area contributed by atoms with Gasteiger partial charge in [-0.25, -0.2) is 4.98 Å². The molecule has 30 heavy (non-hydrogen) atoms. The molecule has 2 aliphatic carbocycles. The van der Waals surface area contributed by atoms with E-state index in [1.807, 2.05) is 53.0 Å². The molecule has 0 aliphatic heterocycles. The zero-order valence-corrected chi connectivity index (χ0v) is 17.5. The number of benzene rings is 1. The van der Waals surface area contributed by atoms with Crippen molar-refractivity contribution in [1.29, 1.82) is 0 Å². The lowest BCUT2D eigenvalue weighted by Gasteiger charge is -2.21. The van der Waals surface area contributed by atoms with Crippen molar-refractivity contribution in [2.75, 3.05) is 0 Å². The van der Waals surface area contributed by atoms with Gasteiger partial charge in [0.25, 0.3) is 5.91 Å². The van der Waals surface area contributed by atoms with E-state index < -0.39 is 0 Å². The Morgan fingerprint density at radius 3 is 2.63 bits per heavy atom. The summed E-state index contributed by atoms with van der Waals surface area (Å²) in [5, 5.41) is 0. The fraction of sp³-hybridized carbons (Fsp3) is 0.417. The highest BCUT2D eigenvalue weighted by atomic mass is 16.5. The third-order valence-electron chi connectivity index (χ3n) is 6.12. The van der Waals surface area contributed by atoms with Crippen LogP contribution in [0, 0.1) is 5.92 Å². The minimum absolute atomic E-state index is 0.0471. The molecule has 6 heteroatoms. The number of carbonyl (C=O) groups excluding carboxylic acids is 1. The maximum Gasteiger partial charge on any atom is 0.254 e. The fourth-order valence-electron chi connectivity index (χ4n) is 3.86. The number of aromatic nitrogens is 2. The van der Waals surface area contributed by atoms with E-state index in [0.29, 0.717) is 36.6 Å². The molecule has 0 N–H and O–H groups in total. The molecule has 0 radical (unpaired) electrons. The Balaban J connectivity index is 1.23. The number of rotatable bonds is 8. The van der Waals surface area contributed by atoms with Crippen molar-refractivity contribution in [3.8, 4) is 5.75 Å². The van der Waals surface area contributed by atoms with Crippen LogP contribution in [0.5, 0.6) is 5.75 Å². The van der Waals surface area contributed by atoms with Crippen molar-refractivity contribution in [2.24, 2.45) is 13.0 Å². The Hall–Kier alpha value is -3.02. The molecule has 2 unspecified atom stereocenters. The molecule has 3 aromatic rings. The zero-order valence-electron chi connectivity index (χ0n) is 17.5. The van der Waals surface area contributed by atoms with Gasteiger partial charge in [-0.1, -0.05) is 6.92 Å². The summed E-state index contributed by atoms with van der Waals surface area (Å²) in [7, 11) is 1.94. The maximum absolute atomic E-state index is 13.2. The summed E-state index contributed by atoms with van der Waals surface area (Å²) >= 11 is 0. The quantitative estimate of drug-likeness (QED) is 0.553. The second kappa shape index (κ2) is 7.67. The SMILES string of the molecule is CC1CC1c1ccc(CN(C(=O)c2ccc(OCc3nccn3C)cc2)C2CC2)o1. The van der Waals surface area contributed by atoms with Crippen LogP contribution in [0.25, 0.3) is 0 Å². The van der Waals surface area contributed by atoms with E-state index in [-0.39, 0.29) is 5.91 Å². The molecule has 2 saturated carbocycles. The highest BCUT2D eigenvalue weighted by Crippen LogP contribution is 2.47. The predicted molar refractivity (Wildman–Crippen MR) is 112 cm³/mol. The Bertz CT molecular complexity index is 1030. The number of imidazole rings is 1. The van der Waals surface area contributed by atoms with Gasteiger partial charge in [0.1, 0.15) is 29.7 Å². The first-order valence-corrected chi connectivity index (χ1v) is 10.7. The average Bonchev–Trinajstić information content (AvgIpc) is 3.64. The molecular formula is C24H27N3O3. The monoisotopic (exact) mass is 405 g/mol. The number of carbonyl (C=O) groups is 1. The van der Waals surface area contributed by atoms with Crippen molar-refractivity contribution >= 4 is 5.91 Å². The molecule has 6 nitrogen and oxygen atoms in total. The molecule has 2 atom stereocenters. The summed E-state index contributed by atoms with van der Waals surface area (Å²) in [5.74, 6) is 4.83. The molecule has 1 aromatic carbocycles. The summed E-state index contributed by atoms with van der Waals surface area (Å²) in [4.78, 5) is 19.4. The van der Waals surface area contributed by atoms with Crippen molar-refractivity contribution < 1.29 is 13.9 Å². The van der Waals surface area contributed by atoms with Gasteiger partial charge in [-0.3, -0.25) is 4.79 Å². The average molecular weight is 405 g/mol. The second-order valence-corrected chi connectivity index (χ2v) is 8.56. The fourth-order valence-corrected chi connectivity index (χ4v) is 3.86. The number of amides is 1. The summed E-state index contributed by atoms with van der Waals surface area (Å²) in [6.07, 6.45) is 6.96. The normalized spacial score (nSPS) is 20.2. The molecule has 2 heterocycles. The molecule has 2 aromatic heterocycles. The van der Waals surface area contributed by atoms with E-state index in [9.17, 15) is 4.79 Å². The van der Waals surface area contributed by atoms with Crippen LogP contribution in [0.15, 0.2) is 53.2 Å². The standard InChI is InChI=1S/C24H27N3O3/c1-16-13-21(16)22-10-9-20(30-22)14-27(18-5-6-18)24(28)17-3-7-19(8-4-17)29-15-23-25-11-12-26(23)2/h3-4,7-12,16,18,21H,5-6,13-15H2,1-2H3. The van der Waals surface area contributed by atoms with E-state index in [4.69, 9.17) is 9.15 Å². The Morgan fingerprint density at radius 2 is 2.00 bits per heavy atom. The van der Waals surface area contributed by atoms with Gasteiger partial charge < -0.3 is 18.6 Å². The van der Waals surface area contributed by atoms with Crippen molar-refractivity contribution in [3.05, 3.63) is 71.7 Å². The van der Waals surface area contributed by atoms with E-state index in [1.165, 1.54) is 6.42 Å². The van der Waals surface area contributed by atoms with Gasteiger partial charge in [-0.15, -0.1) is 0 Å². The maximum atomic E-state index is 13.2. The Labute approximate surface area is 176 Å². The smallest absolute Gasteiger partial charge is 0.254 e. The van der Waals surface area contributed by atoms with Crippen LogP contribution in [0.1, 0.15) is 59.8 Å². The molecule has 1 amide bonds. The van der Waals surface area contributed by atoms with Crippen LogP contribution in [-0.4, -0.2) is 26.4 Å². The van der Waals surface area contributed by atoms with E-state index >= 15 is 0 Å². The lowest BCUT2D eigenvalue weighted by atomic mass is 10.2. The van der Waals surface area contributed by atoms with Gasteiger partial charge in [0.15, 0.2) is 0 Å². The summed E-state index contributed by atoms with van der Waals surface area (Å²) in [6, 6.07) is 11.8. The van der Waals surface area contributed by atoms with Crippen molar-refractivity contribution in [1.82, 2.24) is 14.5 Å². The Kier molecular flexibility index (Phi) is 4.85. The third-order valence-corrected chi connectivity index (χ3v) is 6.12. The predicted octanol–water partition coefficient (Wildman–Crippen LogP) is 4.52. The molecule has 0 spiro atoms. The Morgan fingerprint density at radius 1 is 1.23 bits per heavy atom. The first-order chi connectivity index (χ1) is 14.6. The number of hydrogen-bond donors (Lipinski definition) is 0. The molecule has 5 rings (SSSR count). The third kappa shape index (κ3) is 3.99. The number of hydrogen-bond acceptors (Lipinski definition) is 4. The van der Waals surface area contributed by atoms with Gasteiger partial charge in [0.05, 0.1) is 6.54 Å².